The summed E-state index contributed by atoms with van der Waals surface area (Å²) in [6, 6.07) is 0. The highest BCUT2D eigenvalue weighted by Gasteiger charge is 2.22. The standard InChI is InChI=1S/C12H21N3O4S2/c1-4-12(17,5-2)8-13-10(16)6-9-7-20-11(14-9)15-21(3,18)19/h7,17H,4-6,8H2,1-3H3,(H,13,16)(H,14,15). The highest BCUT2D eigenvalue weighted by molar-refractivity contribution is 7.92. The Balaban J connectivity index is 2.52. The molecule has 0 fully saturated rings. The van der Waals surface area contributed by atoms with Gasteiger partial charge in [0.1, 0.15) is 0 Å². The van der Waals surface area contributed by atoms with E-state index in [1.807, 2.05) is 13.8 Å². The molecule has 0 radical (unpaired) electrons. The van der Waals surface area contributed by atoms with E-state index < -0.39 is 15.6 Å². The van der Waals surface area contributed by atoms with Gasteiger partial charge in [-0.05, 0) is 12.8 Å². The third-order valence-electron chi connectivity index (χ3n) is 3.10. The predicted molar refractivity (Wildman–Crippen MR) is 82.8 cm³/mol. The fourth-order valence-corrected chi connectivity index (χ4v) is 3.15. The van der Waals surface area contributed by atoms with Crippen LogP contribution in [0.3, 0.4) is 0 Å². The Bertz CT molecular complexity index is 579. The topological polar surface area (TPSA) is 108 Å². The van der Waals surface area contributed by atoms with Gasteiger partial charge in [0, 0.05) is 11.9 Å². The van der Waals surface area contributed by atoms with Crippen molar-refractivity contribution in [2.75, 3.05) is 17.5 Å². The maximum atomic E-state index is 11.8. The SMILES string of the molecule is CCC(O)(CC)CNC(=O)Cc1csc(NS(C)(=O)=O)n1. The molecule has 7 nitrogen and oxygen atoms in total. The van der Waals surface area contributed by atoms with E-state index in [-0.39, 0.29) is 24.0 Å². The lowest BCUT2D eigenvalue weighted by Gasteiger charge is -2.25. The number of rotatable bonds is 8. The number of aromatic nitrogens is 1. The van der Waals surface area contributed by atoms with Gasteiger partial charge >= 0.3 is 0 Å². The van der Waals surface area contributed by atoms with Crippen LogP contribution in [0.15, 0.2) is 5.38 Å². The molecule has 0 aromatic carbocycles. The van der Waals surface area contributed by atoms with E-state index in [4.69, 9.17) is 0 Å². The molecule has 3 N–H and O–H groups in total. The molecule has 0 saturated heterocycles. The molecule has 120 valence electrons. The summed E-state index contributed by atoms with van der Waals surface area (Å²) in [4.78, 5) is 15.8. The largest absolute Gasteiger partial charge is 0.388 e. The van der Waals surface area contributed by atoms with E-state index in [1.54, 1.807) is 5.38 Å². The number of nitrogens with one attached hydrogen (secondary N) is 2. The fraction of sp³-hybridized carbons (Fsp3) is 0.667. The zero-order chi connectivity index (χ0) is 16.1. The van der Waals surface area contributed by atoms with Crippen LogP contribution in [0.25, 0.3) is 0 Å². The summed E-state index contributed by atoms with van der Waals surface area (Å²) >= 11 is 1.12. The Morgan fingerprint density at radius 1 is 1.43 bits per heavy atom. The maximum absolute atomic E-state index is 11.8. The third kappa shape index (κ3) is 6.40. The first kappa shape index (κ1) is 17.9. The van der Waals surface area contributed by atoms with Crippen molar-refractivity contribution in [2.24, 2.45) is 0 Å². The quantitative estimate of drug-likeness (QED) is 0.649. The Morgan fingerprint density at radius 3 is 2.57 bits per heavy atom. The van der Waals surface area contributed by atoms with Crippen LogP contribution in [-0.2, 0) is 21.2 Å². The first-order chi connectivity index (χ1) is 9.67. The number of nitrogens with zero attached hydrogens (tertiary/aromatic N) is 1. The molecule has 9 heteroatoms. The number of anilines is 1. The summed E-state index contributed by atoms with van der Waals surface area (Å²) in [5.41, 5.74) is -0.402. The molecule has 1 rings (SSSR count). The number of carbonyl (C=O) groups excluding carboxylic acids is 1. The van der Waals surface area contributed by atoms with Crippen LogP contribution in [0.1, 0.15) is 32.4 Å². The number of aliphatic hydroxyl groups is 1. The summed E-state index contributed by atoms with van der Waals surface area (Å²) in [7, 11) is -3.36. The number of carbonyl (C=O) groups is 1. The zero-order valence-electron chi connectivity index (χ0n) is 12.3. The maximum Gasteiger partial charge on any atom is 0.231 e. The van der Waals surface area contributed by atoms with Crippen LogP contribution >= 0.6 is 11.3 Å². The second kappa shape index (κ2) is 7.19. The molecule has 1 aromatic rings. The van der Waals surface area contributed by atoms with Crippen molar-refractivity contribution in [3.63, 3.8) is 0 Å². The number of thiazole rings is 1. The molecule has 0 aliphatic rings. The molecule has 0 aliphatic carbocycles. The van der Waals surface area contributed by atoms with E-state index in [9.17, 15) is 18.3 Å². The molecule has 0 atom stereocenters. The zero-order valence-corrected chi connectivity index (χ0v) is 14.0. The number of amides is 1. The summed E-state index contributed by atoms with van der Waals surface area (Å²) in [5.74, 6) is -0.258. The van der Waals surface area contributed by atoms with Gasteiger partial charge in [0.05, 0.1) is 24.0 Å². The van der Waals surface area contributed by atoms with Crippen molar-refractivity contribution in [1.82, 2.24) is 10.3 Å². The lowest BCUT2D eigenvalue weighted by Crippen LogP contribution is -2.42. The molecule has 0 spiro atoms. The van der Waals surface area contributed by atoms with E-state index in [0.29, 0.717) is 18.5 Å². The summed E-state index contributed by atoms with van der Waals surface area (Å²) in [6.45, 7) is 3.91. The number of hydrogen-bond acceptors (Lipinski definition) is 6. The Hall–Kier alpha value is -1.19. The number of sulfonamides is 1. The first-order valence-electron chi connectivity index (χ1n) is 6.58. The Morgan fingerprint density at radius 2 is 2.05 bits per heavy atom. The Kier molecular flexibility index (Phi) is 6.11. The number of hydrogen-bond donors (Lipinski definition) is 3. The minimum absolute atomic E-state index is 0.0471. The van der Waals surface area contributed by atoms with Crippen LogP contribution in [0.5, 0.6) is 0 Å². The fourth-order valence-electron chi connectivity index (χ4n) is 1.58. The van der Waals surface area contributed by atoms with Gasteiger partial charge in [0.2, 0.25) is 15.9 Å². The summed E-state index contributed by atoms with van der Waals surface area (Å²) < 4.78 is 24.4. The van der Waals surface area contributed by atoms with Gasteiger partial charge in [-0.2, -0.15) is 0 Å². The van der Waals surface area contributed by atoms with E-state index in [1.165, 1.54) is 0 Å². The molecule has 1 amide bonds. The molecule has 0 unspecified atom stereocenters. The molecule has 1 aromatic heterocycles. The molecule has 0 saturated carbocycles. The smallest absolute Gasteiger partial charge is 0.231 e. The summed E-state index contributed by atoms with van der Waals surface area (Å²) in [6.07, 6.45) is 2.20. The van der Waals surface area contributed by atoms with E-state index in [2.05, 4.69) is 15.0 Å². The Labute approximate surface area is 128 Å². The normalized spacial score (nSPS) is 12.2. The van der Waals surface area contributed by atoms with Gasteiger partial charge in [0.15, 0.2) is 5.13 Å². The molecule has 0 bridgehead atoms. The molecule has 1 heterocycles. The summed E-state index contributed by atoms with van der Waals surface area (Å²) in [5, 5.41) is 14.6. The van der Waals surface area contributed by atoms with Gasteiger partial charge < -0.3 is 10.4 Å². The third-order valence-corrected chi connectivity index (χ3v) is 4.60. The van der Waals surface area contributed by atoms with Crippen LogP contribution in [0.2, 0.25) is 0 Å². The highest BCUT2D eigenvalue weighted by Crippen LogP contribution is 2.17. The molecule has 21 heavy (non-hydrogen) atoms. The predicted octanol–water partition coefficient (Wildman–Crippen LogP) is 0.724. The van der Waals surface area contributed by atoms with Crippen LogP contribution in [0, 0.1) is 0 Å². The molecular weight excluding hydrogens is 314 g/mol. The van der Waals surface area contributed by atoms with Crippen molar-refractivity contribution in [3.05, 3.63) is 11.1 Å². The van der Waals surface area contributed by atoms with Crippen molar-refractivity contribution in [2.45, 2.75) is 38.7 Å². The minimum Gasteiger partial charge on any atom is -0.388 e. The second-order valence-corrected chi connectivity index (χ2v) is 7.51. The average molecular weight is 335 g/mol. The van der Waals surface area contributed by atoms with Crippen molar-refractivity contribution < 1.29 is 18.3 Å². The van der Waals surface area contributed by atoms with Crippen molar-refractivity contribution in [1.29, 1.82) is 0 Å². The molecule has 0 aliphatic heterocycles. The minimum atomic E-state index is -3.36. The van der Waals surface area contributed by atoms with Gasteiger partial charge in [-0.3, -0.25) is 9.52 Å². The van der Waals surface area contributed by atoms with Crippen molar-refractivity contribution >= 4 is 32.4 Å². The lowest BCUT2D eigenvalue weighted by atomic mass is 9.97. The van der Waals surface area contributed by atoms with Crippen LogP contribution in [-0.4, -0.2) is 42.8 Å². The van der Waals surface area contributed by atoms with Gasteiger partial charge in [0.25, 0.3) is 0 Å². The monoisotopic (exact) mass is 335 g/mol. The van der Waals surface area contributed by atoms with Crippen LogP contribution < -0.4 is 10.0 Å². The first-order valence-corrected chi connectivity index (χ1v) is 9.36. The average Bonchev–Trinajstić information content (AvgIpc) is 2.81. The van der Waals surface area contributed by atoms with Crippen LogP contribution in [0.4, 0.5) is 5.13 Å². The second-order valence-electron chi connectivity index (χ2n) is 4.90. The highest BCUT2D eigenvalue weighted by atomic mass is 32.2. The van der Waals surface area contributed by atoms with Gasteiger partial charge in [-0.15, -0.1) is 11.3 Å². The van der Waals surface area contributed by atoms with E-state index in [0.717, 1.165) is 17.6 Å². The lowest BCUT2D eigenvalue weighted by molar-refractivity contribution is -0.121. The molecular formula is C12H21N3O4S2. The van der Waals surface area contributed by atoms with E-state index >= 15 is 0 Å². The van der Waals surface area contributed by atoms with Gasteiger partial charge in [-0.25, -0.2) is 13.4 Å². The van der Waals surface area contributed by atoms with Crippen molar-refractivity contribution in [3.8, 4) is 0 Å². The van der Waals surface area contributed by atoms with Gasteiger partial charge in [-0.1, -0.05) is 13.8 Å².